The van der Waals surface area contributed by atoms with E-state index in [1.807, 2.05) is 0 Å². The van der Waals surface area contributed by atoms with Crippen LogP contribution in [0.15, 0.2) is 0 Å². The molecule has 4 heteroatoms. The normalized spacial score (nSPS) is 19.9. The zero-order valence-corrected chi connectivity index (χ0v) is 13.7. The monoisotopic (exact) mass is 272 g/mol. The Kier molecular flexibility index (Phi) is 6.24. The van der Waals surface area contributed by atoms with Gasteiger partial charge in [-0.3, -0.25) is 9.74 Å². The second kappa shape index (κ2) is 7.02. The van der Waals surface area contributed by atoms with E-state index in [1.165, 1.54) is 0 Å². The van der Waals surface area contributed by atoms with E-state index in [2.05, 4.69) is 51.5 Å². The molecule has 1 saturated heterocycles. The van der Waals surface area contributed by atoms with Crippen LogP contribution in [0, 0.1) is 5.41 Å². The molecule has 0 bridgehead atoms. The van der Waals surface area contributed by atoms with Gasteiger partial charge in [0.05, 0.1) is 18.8 Å². The first kappa shape index (κ1) is 16.9. The lowest BCUT2D eigenvalue weighted by molar-refractivity contribution is -0.194. The summed E-state index contributed by atoms with van der Waals surface area (Å²) in [5, 5.41) is 2.10. The van der Waals surface area contributed by atoms with Crippen molar-refractivity contribution in [2.75, 3.05) is 45.9 Å². The molecule has 0 aromatic rings. The van der Waals surface area contributed by atoms with Crippen molar-refractivity contribution < 1.29 is 9.57 Å². The largest absolute Gasteiger partial charge is 0.375 e. The van der Waals surface area contributed by atoms with Crippen molar-refractivity contribution in [3.05, 3.63) is 0 Å². The van der Waals surface area contributed by atoms with Crippen molar-refractivity contribution in [2.45, 2.75) is 47.1 Å². The van der Waals surface area contributed by atoms with E-state index >= 15 is 0 Å². The third-order valence-electron chi connectivity index (χ3n) is 2.95. The van der Waals surface area contributed by atoms with Gasteiger partial charge in [-0.25, -0.2) is 0 Å². The van der Waals surface area contributed by atoms with E-state index in [0.717, 1.165) is 45.9 Å². The van der Waals surface area contributed by atoms with Crippen molar-refractivity contribution in [2.24, 2.45) is 5.41 Å². The number of nitrogens with zero attached hydrogens (tertiary/aromatic N) is 2. The summed E-state index contributed by atoms with van der Waals surface area (Å²) in [6, 6.07) is 0. The lowest BCUT2D eigenvalue weighted by Gasteiger charge is -2.35. The highest BCUT2D eigenvalue weighted by atomic mass is 16.7. The van der Waals surface area contributed by atoms with Gasteiger partial charge >= 0.3 is 0 Å². The predicted molar refractivity (Wildman–Crippen MR) is 79.1 cm³/mol. The average molecular weight is 272 g/mol. The van der Waals surface area contributed by atoms with Gasteiger partial charge in [0.1, 0.15) is 0 Å². The minimum absolute atomic E-state index is 0.0301. The van der Waals surface area contributed by atoms with Gasteiger partial charge < -0.3 is 4.74 Å². The van der Waals surface area contributed by atoms with E-state index in [-0.39, 0.29) is 11.0 Å². The summed E-state index contributed by atoms with van der Waals surface area (Å²) in [6.07, 6.45) is 0. The van der Waals surface area contributed by atoms with Crippen LogP contribution in [0.25, 0.3) is 0 Å². The third kappa shape index (κ3) is 8.58. The zero-order valence-electron chi connectivity index (χ0n) is 13.7. The molecule has 1 fully saturated rings. The van der Waals surface area contributed by atoms with Gasteiger partial charge in [-0.2, -0.15) is 5.06 Å². The Morgan fingerprint density at radius 3 is 1.95 bits per heavy atom. The molecule has 0 aliphatic carbocycles. The lowest BCUT2D eigenvalue weighted by atomic mass is 9.99. The Bertz CT molecular complexity index is 248. The Morgan fingerprint density at radius 2 is 1.47 bits per heavy atom. The number of hydrogen-bond acceptors (Lipinski definition) is 4. The molecule has 0 radical (unpaired) electrons. The fraction of sp³-hybridized carbons (Fsp3) is 1.00. The molecule has 0 aromatic carbocycles. The number of hydroxylamine groups is 2. The topological polar surface area (TPSA) is 24.9 Å². The molecule has 0 aromatic heterocycles. The molecule has 0 unspecified atom stereocenters. The van der Waals surface area contributed by atoms with Crippen molar-refractivity contribution >= 4 is 0 Å². The van der Waals surface area contributed by atoms with E-state index in [0.29, 0.717) is 0 Å². The predicted octanol–water partition coefficient (Wildman–Crippen LogP) is 2.40. The SMILES string of the molecule is CC(C)(C)CON1CCN(CCOC(C)(C)C)CC1. The molecule has 0 N–H and O–H groups in total. The van der Waals surface area contributed by atoms with Crippen molar-refractivity contribution in [1.29, 1.82) is 0 Å². The van der Waals surface area contributed by atoms with Crippen LogP contribution < -0.4 is 0 Å². The first-order valence-corrected chi connectivity index (χ1v) is 7.40. The van der Waals surface area contributed by atoms with Gasteiger partial charge in [-0.1, -0.05) is 20.8 Å². The molecule has 4 nitrogen and oxygen atoms in total. The average Bonchev–Trinajstić information content (AvgIpc) is 2.25. The van der Waals surface area contributed by atoms with Crippen LogP contribution in [0.5, 0.6) is 0 Å². The third-order valence-corrected chi connectivity index (χ3v) is 2.95. The smallest absolute Gasteiger partial charge is 0.0733 e. The van der Waals surface area contributed by atoms with Gasteiger partial charge in [0, 0.05) is 32.7 Å². The molecule has 114 valence electrons. The number of piperazine rings is 1. The molecular weight excluding hydrogens is 240 g/mol. The molecule has 0 spiro atoms. The molecule has 19 heavy (non-hydrogen) atoms. The summed E-state index contributed by atoms with van der Waals surface area (Å²) in [7, 11) is 0. The van der Waals surface area contributed by atoms with Crippen molar-refractivity contribution in [3.8, 4) is 0 Å². The Hall–Kier alpha value is -0.160. The molecule has 0 atom stereocenters. The lowest BCUT2D eigenvalue weighted by Crippen LogP contribution is -2.48. The van der Waals surface area contributed by atoms with E-state index in [9.17, 15) is 0 Å². The maximum absolute atomic E-state index is 5.83. The highest BCUT2D eigenvalue weighted by Gasteiger charge is 2.20. The minimum atomic E-state index is -0.0301. The van der Waals surface area contributed by atoms with Crippen LogP contribution in [-0.4, -0.2) is 61.5 Å². The second-order valence-corrected chi connectivity index (χ2v) is 7.57. The number of hydrogen-bond donors (Lipinski definition) is 0. The van der Waals surface area contributed by atoms with E-state index in [1.54, 1.807) is 0 Å². The molecule has 1 heterocycles. The first-order valence-electron chi connectivity index (χ1n) is 7.40. The van der Waals surface area contributed by atoms with E-state index < -0.39 is 0 Å². The summed E-state index contributed by atoms with van der Waals surface area (Å²) >= 11 is 0. The molecule has 1 aliphatic rings. The molecular formula is C15H32N2O2. The van der Waals surface area contributed by atoms with Gasteiger partial charge in [-0.05, 0) is 26.2 Å². The highest BCUT2D eigenvalue weighted by molar-refractivity contribution is 4.69. The van der Waals surface area contributed by atoms with Gasteiger partial charge in [0.15, 0.2) is 0 Å². The van der Waals surface area contributed by atoms with Crippen LogP contribution in [0.1, 0.15) is 41.5 Å². The Morgan fingerprint density at radius 1 is 0.895 bits per heavy atom. The van der Waals surface area contributed by atoms with Gasteiger partial charge in [0.2, 0.25) is 0 Å². The Balaban J connectivity index is 2.12. The molecule has 0 amide bonds. The molecule has 1 aliphatic heterocycles. The standard InChI is InChI=1S/C15H32N2O2/c1-14(2,3)13-19-17-9-7-16(8-10-17)11-12-18-15(4,5)6/h7-13H2,1-6H3. The fourth-order valence-corrected chi connectivity index (χ4v) is 1.85. The number of ether oxygens (including phenoxy) is 1. The molecule has 1 rings (SSSR count). The summed E-state index contributed by atoms with van der Waals surface area (Å²) in [4.78, 5) is 8.28. The molecule has 0 saturated carbocycles. The van der Waals surface area contributed by atoms with Gasteiger partial charge in [-0.15, -0.1) is 0 Å². The maximum Gasteiger partial charge on any atom is 0.0733 e. The van der Waals surface area contributed by atoms with Crippen LogP contribution in [0.3, 0.4) is 0 Å². The summed E-state index contributed by atoms with van der Waals surface area (Å²) < 4.78 is 5.76. The van der Waals surface area contributed by atoms with Gasteiger partial charge in [0.25, 0.3) is 0 Å². The summed E-state index contributed by atoms with van der Waals surface area (Å²) in [5.74, 6) is 0. The highest BCUT2D eigenvalue weighted by Crippen LogP contribution is 2.15. The second-order valence-electron chi connectivity index (χ2n) is 7.57. The Labute approximate surface area is 119 Å². The quantitative estimate of drug-likeness (QED) is 0.767. The maximum atomic E-state index is 5.83. The van der Waals surface area contributed by atoms with Crippen molar-refractivity contribution in [3.63, 3.8) is 0 Å². The fourth-order valence-electron chi connectivity index (χ4n) is 1.85. The van der Waals surface area contributed by atoms with Crippen molar-refractivity contribution in [1.82, 2.24) is 9.96 Å². The first-order chi connectivity index (χ1) is 8.66. The van der Waals surface area contributed by atoms with Crippen LogP contribution >= 0.6 is 0 Å². The zero-order chi connectivity index (χ0) is 14.5. The summed E-state index contributed by atoms with van der Waals surface area (Å²) in [5.41, 5.74) is 0.204. The summed E-state index contributed by atoms with van der Waals surface area (Å²) in [6.45, 7) is 19.7. The van der Waals surface area contributed by atoms with Crippen LogP contribution in [-0.2, 0) is 9.57 Å². The van der Waals surface area contributed by atoms with Crippen LogP contribution in [0.4, 0.5) is 0 Å². The van der Waals surface area contributed by atoms with Crippen LogP contribution in [0.2, 0.25) is 0 Å². The number of rotatable bonds is 5. The van der Waals surface area contributed by atoms with E-state index in [4.69, 9.17) is 9.57 Å². The minimum Gasteiger partial charge on any atom is -0.375 e.